The van der Waals surface area contributed by atoms with Gasteiger partial charge in [-0.1, -0.05) is 78.5 Å². The summed E-state index contributed by atoms with van der Waals surface area (Å²) in [5, 5.41) is 5.99. The second-order valence-electron chi connectivity index (χ2n) is 5.81. The molecular weight excluding hydrogens is 345 g/mol. The lowest BCUT2D eigenvalue weighted by Crippen LogP contribution is -2.27. The van der Waals surface area contributed by atoms with Crippen molar-refractivity contribution < 1.29 is 0 Å². The first-order chi connectivity index (χ1) is 12.3. The highest BCUT2D eigenvalue weighted by Gasteiger charge is 2.21. The molecule has 0 amide bonds. The average molecular weight is 363 g/mol. The van der Waals surface area contributed by atoms with Gasteiger partial charge in [-0.05, 0) is 12.1 Å². The number of nitrogens with one attached hydrogen (secondary N) is 1. The summed E-state index contributed by atoms with van der Waals surface area (Å²) in [6.07, 6.45) is 1.97. The highest BCUT2D eigenvalue weighted by atomic mass is 32.4. The number of rotatable bonds is 5. The van der Waals surface area contributed by atoms with E-state index in [0.29, 0.717) is 6.54 Å². The summed E-state index contributed by atoms with van der Waals surface area (Å²) in [6, 6.07) is 26.7. The molecule has 0 bridgehead atoms. The molecule has 0 unspecified atom stereocenters. The molecule has 124 valence electrons. The Hall–Kier alpha value is -2.26. The molecule has 2 aromatic heterocycles. The summed E-state index contributed by atoms with van der Waals surface area (Å²) in [4.78, 5) is 4.68. The third-order valence-electron chi connectivity index (χ3n) is 4.14. The van der Waals surface area contributed by atoms with Crippen LogP contribution >= 0.6 is 6.19 Å². The van der Waals surface area contributed by atoms with E-state index >= 15 is 0 Å². The van der Waals surface area contributed by atoms with Gasteiger partial charge in [0.2, 0.25) is 0 Å². The minimum atomic E-state index is -2.10. The van der Waals surface area contributed by atoms with Gasteiger partial charge in [0.15, 0.2) is 0 Å². The fourth-order valence-corrected chi connectivity index (χ4v) is 6.03. The first-order valence-electron chi connectivity index (χ1n) is 8.15. The Morgan fingerprint density at radius 1 is 0.840 bits per heavy atom. The highest BCUT2D eigenvalue weighted by Crippen LogP contribution is 2.39. The number of hydrogen-bond donors (Lipinski definition) is 1. The van der Waals surface area contributed by atoms with Gasteiger partial charge in [-0.25, -0.2) is 4.98 Å². The van der Waals surface area contributed by atoms with E-state index in [9.17, 15) is 0 Å². The summed E-state index contributed by atoms with van der Waals surface area (Å²) in [6.45, 7) is 0.642. The third kappa shape index (κ3) is 3.29. The minimum absolute atomic E-state index is 0.642. The molecule has 0 aliphatic rings. The Morgan fingerprint density at radius 2 is 1.44 bits per heavy atom. The van der Waals surface area contributed by atoms with Crippen molar-refractivity contribution in [3.8, 4) is 0 Å². The average Bonchev–Trinajstić information content (AvgIpc) is 3.10. The standard InChI is InChI=1S/C20H18N3PS/c25-24(18-9-3-1-4-10-18,19-11-5-2-6-12-19)21-15-17-16-23-14-8-7-13-20(23)22-17/h1-14,16H,15H2,(H,21,25). The Kier molecular flexibility index (Phi) is 4.50. The number of benzene rings is 2. The molecule has 1 N–H and O–H groups in total. The van der Waals surface area contributed by atoms with Gasteiger partial charge in [-0.2, -0.15) is 0 Å². The van der Waals surface area contributed by atoms with Crippen molar-refractivity contribution >= 4 is 34.3 Å². The second-order valence-corrected chi connectivity index (χ2v) is 10.0. The van der Waals surface area contributed by atoms with Crippen LogP contribution in [-0.2, 0) is 18.4 Å². The van der Waals surface area contributed by atoms with Gasteiger partial charge in [0, 0.05) is 29.5 Å². The molecule has 0 saturated heterocycles. The molecule has 2 heterocycles. The number of pyridine rings is 1. The van der Waals surface area contributed by atoms with E-state index in [1.807, 2.05) is 65.2 Å². The molecule has 0 spiro atoms. The lowest BCUT2D eigenvalue weighted by atomic mass is 10.4. The fourth-order valence-electron chi connectivity index (χ4n) is 2.87. The lowest BCUT2D eigenvalue weighted by molar-refractivity contribution is 0.929. The summed E-state index contributed by atoms with van der Waals surface area (Å²) >= 11 is 6.18. The number of fused-ring (bicyclic) bond motifs is 1. The van der Waals surface area contributed by atoms with Gasteiger partial charge >= 0.3 is 0 Å². The molecule has 0 aliphatic carbocycles. The fraction of sp³-hybridized carbons (Fsp3) is 0.0500. The molecule has 0 radical (unpaired) electrons. The Morgan fingerprint density at radius 3 is 2.04 bits per heavy atom. The molecule has 0 aliphatic heterocycles. The monoisotopic (exact) mass is 363 g/mol. The van der Waals surface area contributed by atoms with Crippen molar-refractivity contribution in [1.29, 1.82) is 0 Å². The molecule has 25 heavy (non-hydrogen) atoms. The molecule has 4 aromatic rings. The highest BCUT2D eigenvalue weighted by molar-refractivity contribution is 8.20. The number of hydrogen-bond acceptors (Lipinski definition) is 2. The Bertz CT molecular complexity index is 952. The van der Waals surface area contributed by atoms with Crippen LogP contribution in [0.3, 0.4) is 0 Å². The molecule has 0 fully saturated rings. The molecule has 0 saturated carbocycles. The summed E-state index contributed by atoms with van der Waals surface area (Å²) in [7, 11) is 0. The van der Waals surface area contributed by atoms with E-state index in [4.69, 9.17) is 11.8 Å². The van der Waals surface area contributed by atoms with Crippen molar-refractivity contribution in [3.63, 3.8) is 0 Å². The number of aromatic nitrogens is 2. The van der Waals surface area contributed by atoms with Crippen molar-refractivity contribution in [1.82, 2.24) is 14.5 Å². The maximum atomic E-state index is 6.18. The van der Waals surface area contributed by atoms with Crippen LogP contribution in [0.5, 0.6) is 0 Å². The SMILES string of the molecule is S=P(NCc1cn2ccccc2n1)(c1ccccc1)c1ccccc1. The van der Waals surface area contributed by atoms with Gasteiger partial charge in [-0.15, -0.1) is 0 Å². The third-order valence-corrected chi connectivity index (χ3v) is 8.44. The number of nitrogens with zero attached hydrogens (tertiary/aromatic N) is 2. The summed E-state index contributed by atoms with van der Waals surface area (Å²) < 4.78 is 2.03. The summed E-state index contributed by atoms with van der Waals surface area (Å²) in [5.74, 6) is 0. The van der Waals surface area contributed by atoms with E-state index in [1.54, 1.807) is 0 Å². The van der Waals surface area contributed by atoms with Crippen LogP contribution < -0.4 is 15.7 Å². The van der Waals surface area contributed by atoms with Crippen LogP contribution in [0.4, 0.5) is 0 Å². The minimum Gasteiger partial charge on any atom is -0.307 e. The zero-order valence-electron chi connectivity index (χ0n) is 13.6. The second kappa shape index (κ2) is 6.93. The van der Waals surface area contributed by atoms with Gasteiger partial charge in [0.25, 0.3) is 0 Å². The van der Waals surface area contributed by atoms with E-state index in [-0.39, 0.29) is 0 Å². The van der Waals surface area contributed by atoms with E-state index < -0.39 is 6.19 Å². The molecule has 0 atom stereocenters. The van der Waals surface area contributed by atoms with Gasteiger partial charge in [-0.3, -0.25) is 5.09 Å². The van der Waals surface area contributed by atoms with Crippen LogP contribution in [-0.4, -0.2) is 9.38 Å². The van der Waals surface area contributed by atoms with Crippen molar-refractivity contribution in [3.05, 3.63) is 97.0 Å². The maximum Gasteiger partial charge on any atom is 0.137 e. The predicted molar refractivity (Wildman–Crippen MR) is 108 cm³/mol. The van der Waals surface area contributed by atoms with E-state index in [1.165, 1.54) is 10.6 Å². The molecule has 4 rings (SSSR count). The van der Waals surface area contributed by atoms with Crippen molar-refractivity contribution in [2.24, 2.45) is 0 Å². The Balaban J connectivity index is 1.68. The molecular formula is C20H18N3PS. The summed E-state index contributed by atoms with van der Waals surface area (Å²) in [5.41, 5.74) is 1.94. The smallest absolute Gasteiger partial charge is 0.137 e. The normalized spacial score (nSPS) is 11.7. The molecule has 3 nitrogen and oxygen atoms in total. The number of imidazole rings is 1. The zero-order valence-corrected chi connectivity index (χ0v) is 15.3. The van der Waals surface area contributed by atoms with Crippen LogP contribution in [0.15, 0.2) is 91.3 Å². The first kappa shape index (κ1) is 16.2. The van der Waals surface area contributed by atoms with Crippen molar-refractivity contribution in [2.75, 3.05) is 0 Å². The van der Waals surface area contributed by atoms with Crippen LogP contribution in [0.25, 0.3) is 5.65 Å². The van der Waals surface area contributed by atoms with Crippen molar-refractivity contribution in [2.45, 2.75) is 6.54 Å². The zero-order chi connectivity index (χ0) is 17.1. The van der Waals surface area contributed by atoms with Gasteiger partial charge in [0.05, 0.1) is 11.9 Å². The lowest BCUT2D eigenvalue weighted by Gasteiger charge is -2.24. The molecule has 2 aromatic carbocycles. The van der Waals surface area contributed by atoms with Crippen LogP contribution in [0.1, 0.15) is 5.69 Å². The molecule has 5 heteroatoms. The van der Waals surface area contributed by atoms with E-state index in [2.05, 4.69) is 40.5 Å². The van der Waals surface area contributed by atoms with E-state index in [0.717, 1.165) is 11.3 Å². The van der Waals surface area contributed by atoms with Gasteiger partial charge in [0.1, 0.15) is 5.65 Å². The van der Waals surface area contributed by atoms with Crippen LogP contribution in [0.2, 0.25) is 0 Å². The first-order valence-corrected chi connectivity index (χ1v) is 10.9. The largest absolute Gasteiger partial charge is 0.307 e. The van der Waals surface area contributed by atoms with Crippen LogP contribution in [0, 0.1) is 0 Å². The maximum absolute atomic E-state index is 6.18. The van der Waals surface area contributed by atoms with Gasteiger partial charge < -0.3 is 4.40 Å². The Labute approximate surface area is 152 Å². The predicted octanol–water partition coefficient (Wildman–Crippen LogP) is 3.47. The topological polar surface area (TPSA) is 29.3 Å². The quantitative estimate of drug-likeness (QED) is 0.551.